The van der Waals surface area contributed by atoms with Crippen LogP contribution in [0.4, 0.5) is 5.13 Å². The molecule has 2 aromatic rings. The van der Waals surface area contributed by atoms with Gasteiger partial charge >= 0.3 is 5.97 Å². The van der Waals surface area contributed by atoms with Gasteiger partial charge in [0.25, 0.3) is 0 Å². The largest absolute Gasteiger partial charge is 0.466 e. The molecular weight excluding hydrogens is 280 g/mol. The number of ether oxygens (including phenoxy) is 1. The molecular formula is C12H16N4O3S. The summed E-state index contributed by atoms with van der Waals surface area (Å²) >= 11 is 1.45. The summed E-state index contributed by atoms with van der Waals surface area (Å²) < 4.78 is 9.88. The van der Waals surface area contributed by atoms with Gasteiger partial charge in [-0.25, -0.2) is 4.98 Å². The highest BCUT2D eigenvalue weighted by atomic mass is 32.1. The number of anilines is 1. The summed E-state index contributed by atoms with van der Waals surface area (Å²) in [4.78, 5) is 19.7. The Balaban J connectivity index is 1.76. The molecule has 0 saturated carbocycles. The van der Waals surface area contributed by atoms with Crippen LogP contribution >= 0.6 is 11.3 Å². The summed E-state index contributed by atoms with van der Waals surface area (Å²) in [6.07, 6.45) is 0.836. The Labute approximate surface area is 120 Å². The summed E-state index contributed by atoms with van der Waals surface area (Å²) in [5.41, 5.74) is 0.713. The molecule has 108 valence electrons. The quantitative estimate of drug-likeness (QED) is 0.776. The van der Waals surface area contributed by atoms with E-state index in [1.54, 1.807) is 13.8 Å². The number of rotatable bonds is 7. The number of aryl methyl sites for hydroxylation is 1. The summed E-state index contributed by atoms with van der Waals surface area (Å²) in [5.74, 6) is 0.968. The van der Waals surface area contributed by atoms with Crippen LogP contribution in [-0.2, 0) is 22.4 Å². The molecule has 0 aliphatic rings. The zero-order chi connectivity index (χ0) is 14.4. The van der Waals surface area contributed by atoms with Gasteiger partial charge in [0.1, 0.15) is 0 Å². The first-order valence-electron chi connectivity index (χ1n) is 6.30. The van der Waals surface area contributed by atoms with Gasteiger partial charge in [0.05, 0.1) is 18.7 Å². The smallest absolute Gasteiger partial charge is 0.311 e. The number of carbonyl (C=O) groups is 1. The lowest BCUT2D eigenvalue weighted by molar-refractivity contribution is -0.142. The average Bonchev–Trinajstić information content (AvgIpc) is 3.00. The molecule has 0 aliphatic carbocycles. The van der Waals surface area contributed by atoms with Crippen molar-refractivity contribution in [2.75, 3.05) is 18.5 Å². The van der Waals surface area contributed by atoms with Crippen molar-refractivity contribution < 1.29 is 14.1 Å². The van der Waals surface area contributed by atoms with Crippen LogP contribution in [0.2, 0.25) is 0 Å². The van der Waals surface area contributed by atoms with Crippen molar-refractivity contribution in [3.8, 4) is 0 Å². The molecule has 8 heteroatoms. The highest BCUT2D eigenvalue weighted by molar-refractivity contribution is 7.13. The van der Waals surface area contributed by atoms with Gasteiger partial charge < -0.3 is 14.6 Å². The van der Waals surface area contributed by atoms with Gasteiger partial charge in [-0.3, -0.25) is 4.79 Å². The van der Waals surface area contributed by atoms with Crippen LogP contribution in [0.1, 0.15) is 24.3 Å². The van der Waals surface area contributed by atoms with E-state index in [1.807, 2.05) is 5.38 Å². The summed E-state index contributed by atoms with van der Waals surface area (Å²) in [5, 5.41) is 9.48. The monoisotopic (exact) mass is 296 g/mol. The molecule has 0 saturated heterocycles. The van der Waals surface area contributed by atoms with E-state index in [4.69, 9.17) is 9.26 Å². The van der Waals surface area contributed by atoms with E-state index in [2.05, 4.69) is 20.4 Å². The predicted molar refractivity (Wildman–Crippen MR) is 73.7 cm³/mol. The van der Waals surface area contributed by atoms with Crippen molar-refractivity contribution >= 4 is 22.4 Å². The number of carbonyl (C=O) groups excluding carboxylic acids is 1. The second-order valence-corrected chi connectivity index (χ2v) is 4.90. The SMILES string of the molecule is CCOC(=O)Cc1csc(NCCc2nc(C)no2)n1. The van der Waals surface area contributed by atoms with E-state index in [-0.39, 0.29) is 12.4 Å². The van der Waals surface area contributed by atoms with Crippen LogP contribution in [0.25, 0.3) is 0 Å². The second kappa shape index (κ2) is 6.99. The Morgan fingerprint density at radius 2 is 2.35 bits per heavy atom. The molecule has 2 aromatic heterocycles. The van der Waals surface area contributed by atoms with Crippen LogP contribution in [0.3, 0.4) is 0 Å². The van der Waals surface area contributed by atoms with E-state index in [0.29, 0.717) is 37.0 Å². The van der Waals surface area contributed by atoms with Gasteiger partial charge in [-0.15, -0.1) is 11.3 Å². The Bertz CT molecular complexity index is 567. The fourth-order valence-corrected chi connectivity index (χ4v) is 2.29. The van der Waals surface area contributed by atoms with Crippen molar-refractivity contribution in [3.05, 3.63) is 22.8 Å². The Morgan fingerprint density at radius 3 is 3.05 bits per heavy atom. The van der Waals surface area contributed by atoms with Crippen LogP contribution in [-0.4, -0.2) is 34.2 Å². The van der Waals surface area contributed by atoms with Crippen LogP contribution in [0.5, 0.6) is 0 Å². The fraction of sp³-hybridized carbons (Fsp3) is 0.500. The molecule has 7 nitrogen and oxygen atoms in total. The van der Waals surface area contributed by atoms with Gasteiger partial charge in [0, 0.05) is 18.3 Å². The maximum atomic E-state index is 11.3. The zero-order valence-corrected chi connectivity index (χ0v) is 12.2. The minimum Gasteiger partial charge on any atom is -0.466 e. The van der Waals surface area contributed by atoms with Gasteiger partial charge in [0.2, 0.25) is 5.89 Å². The number of hydrogen-bond donors (Lipinski definition) is 1. The molecule has 0 spiro atoms. The maximum Gasteiger partial charge on any atom is 0.311 e. The van der Waals surface area contributed by atoms with Gasteiger partial charge in [0.15, 0.2) is 11.0 Å². The third-order valence-corrected chi connectivity index (χ3v) is 3.22. The molecule has 0 bridgehead atoms. The lowest BCUT2D eigenvalue weighted by Crippen LogP contribution is -2.08. The van der Waals surface area contributed by atoms with E-state index in [1.165, 1.54) is 11.3 Å². The fourth-order valence-electron chi connectivity index (χ4n) is 1.55. The lowest BCUT2D eigenvalue weighted by Gasteiger charge is -1.99. The summed E-state index contributed by atoms with van der Waals surface area (Å²) in [7, 11) is 0. The van der Waals surface area contributed by atoms with Crippen molar-refractivity contribution in [2.24, 2.45) is 0 Å². The molecule has 0 aromatic carbocycles. The summed E-state index contributed by atoms with van der Waals surface area (Å²) in [6, 6.07) is 0. The normalized spacial score (nSPS) is 10.5. The molecule has 2 rings (SSSR count). The standard InChI is InChI=1S/C12H16N4O3S/c1-3-18-11(17)6-9-7-20-12(15-9)13-5-4-10-14-8(2)16-19-10/h7H,3-6H2,1-2H3,(H,13,15). The zero-order valence-electron chi connectivity index (χ0n) is 11.4. The van der Waals surface area contributed by atoms with Crippen molar-refractivity contribution in [1.82, 2.24) is 15.1 Å². The molecule has 0 amide bonds. The Hall–Kier alpha value is -1.96. The minimum atomic E-state index is -0.259. The molecule has 0 fully saturated rings. The first-order chi connectivity index (χ1) is 9.67. The molecule has 0 radical (unpaired) electrons. The second-order valence-electron chi connectivity index (χ2n) is 4.04. The molecule has 1 N–H and O–H groups in total. The van der Waals surface area contributed by atoms with E-state index >= 15 is 0 Å². The number of hydrogen-bond acceptors (Lipinski definition) is 8. The lowest BCUT2D eigenvalue weighted by atomic mass is 10.3. The predicted octanol–water partition coefficient (Wildman–Crippen LogP) is 1.59. The topological polar surface area (TPSA) is 90.1 Å². The number of esters is 1. The van der Waals surface area contributed by atoms with E-state index in [9.17, 15) is 4.79 Å². The van der Waals surface area contributed by atoms with Gasteiger partial charge in [-0.2, -0.15) is 4.98 Å². The van der Waals surface area contributed by atoms with Crippen molar-refractivity contribution in [1.29, 1.82) is 0 Å². The Kier molecular flexibility index (Phi) is 5.05. The van der Waals surface area contributed by atoms with Crippen LogP contribution < -0.4 is 5.32 Å². The summed E-state index contributed by atoms with van der Waals surface area (Å²) in [6.45, 7) is 4.60. The maximum absolute atomic E-state index is 11.3. The van der Waals surface area contributed by atoms with Gasteiger partial charge in [-0.1, -0.05) is 5.16 Å². The number of nitrogens with zero attached hydrogens (tertiary/aromatic N) is 3. The molecule has 0 atom stereocenters. The van der Waals surface area contributed by atoms with Crippen molar-refractivity contribution in [2.45, 2.75) is 26.7 Å². The number of nitrogens with one attached hydrogen (secondary N) is 1. The van der Waals surface area contributed by atoms with Gasteiger partial charge in [-0.05, 0) is 13.8 Å². The molecule has 20 heavy (non-hydrogen) atoms. The van der Waals surface area contributed by atoms with E-state index < -0.39 is 0 Å². The van der Waals surface area contributed by atoms with E-state index in [0.717, 1.165) is 5.13 Å². The molecule has 0 aliphatic heterocycles. The third-order valence-electron chi connectivity index (χ3n) is 2.37. The average molecular weight is 296 g/mol. The molecule has 2 heterocycles. The first-order valence-corrected chi connectivity index (χ1v) is 7.18. The highest BCUT2D eigenvalue weighted by Gasteiger charge is 2.08. The first kappa shape index (κ1) is 14.4. The Morgan fingerprint density at radius 1 is 1.50 bits per heavy atom. The van der Waals surface area contributed by atoms with Crippen molar-refractivity contribution in [3.63, 3.8) is 0 Å². The minimum absolute atomic E-state index is 0.203. The third kappa shape index (κ3) is 4.30. The number of aromatic nitrogens is 3. The van der Waals surface area contributed by atoms with Crippen LogP contribution in [0.15, 0.2) is 9.90 Å². The number of thiazole rings is 1. The van der Waals surface area contributed by atoms with Crippen LogP contribution in [0, 0.1) is 6.92 Å². The molecule has 0 unspecified atom stereocenters. The highest BCUT2D eigenvalue weighted by Crippen LogP contribution is 2.16.